The van der Waals surface area contributed by atoms with E-state index in [1.54, 1.807) is 43.3 Å². The number of para-hydroxylation sites is 1. The molecule has 18 heavy (non-hydrogen) atoms. The van der Waals surface area contributed by atoms with Crippen LogP contribution in [0.25, 0.3) is 0 Å². The predicted octanol–water partition coefficient (Wildman–Crippen LogP) is 1.52. The average Bonchev–Trinajstić information content (AvgIpc) is 2.83. The van der Waals surface area contributed by atoms with Gasteiger partial charge < -0.3 is 19.1 Å². The lowest BCUT2D eigenvalue weighted by Gasteiger charge is -2.16. The molecule has 0 bridgehead atoms. The third-order valence-corrected chi connectivity index (χ3v) is 2.83. The van der Waals surface area contributed by atoms with Crippen molar-refractivity contribution in [2.45, 2.75) is 6.10 Å². The quantitative estimate of drug-likeness (QED) is 0.891. The summed E-state index contributed by atoms with van der Waals surface area (Å²) in [4.78, 5) is 4.14. The molecule has 0 radical (unpaired) electrons. The number of ether oxygens (including phenoxy) is 2. The summed E-state index contributed by atoms with van der Waals surface area (Å²) in [5, 5.41) is 10.4. The fourth-order valence-corrected chi connectivity index (χ4v) is 1.91. The van der Waals surface area contributed by atoms with Crippen LogP contribution in [0.4, 0.5) is 0 Å². The van der Waals surface area contributed by atoms with Gasteiger partial charge in [0.1, 0.15) is 11.9 Å². The molecule has 0 saturated carbocycles. The molecule has 0 aliphatic carbocycles. The molecule has 0 aliphatic rings. The maximum absolute atomic E-state index is 10.4. The Balaban J connectivity index is 2.48. The van der Waals surface area contributed by atoms with E-state index in [0.29, 0.717) is 22.9 Å². The highest BCUT2D eigenvalue weighted by Gasteiger charge is 2.21. The first kappa shape index (κ1) is 12.4. The Morgan fingerprint density at radius 1 is 1.28 bits per heavy atom. The van der Waals surface area contributed by atoms with E-state index in [1.807, 2.05) is 13.1 Å². The summed E-state index contributed by atoms with van der Waals surface area (Å²) < 4.78 is 12.3. The van der Waals surface area contributed by atoms with Gasteiger partial charge in [0.15, 0.2) is 11.5 Å². The van der Waals surface area contributed by atoms with Crippen molar-refractivity contribution in [3.8, 4) is 11.5 Å². The van der Waals surface area contributed by atoms with Gasteiger partial charge in [0.25, 0.3) is 0 Å². The van der Waals surface area contributed by atoms with Gasteiger partial charge in [-0.25, -0.2) is 4.98 Å². The lowest BCUT2D eigenvalue weighted by Crippen LogP contribution is -2.09. The zero-order valence-corrected chi connectivity index (χ0v) is 10.6. The Morgan fingerprint density at radius 3 is 2.61 bits per heavy atom. The van der Waals surface area contributed by atoms with Gasteiger partial charge in [-0.3, -0.25) is 0 Å². The second-order valence-corrected chi connectivity index (χ2v) is 3.88. The lowest BCUT2D eigenvalue weighted by molar-refractivity contribution is 0.199. The molecule has 0 saturated heterocycles. The molecule has 2 aromatic rings. The molecule has 1 N–H and O–H groups in total. The van der Waals surface area contributed by atoms with E-state index in [9.17, 15) is 5.11 Å². The van der Waals surface area contributed by atoms with Gasteiger partial charge in [-0.15, -0.1) is 0 Å². The van der Waals surface area contributed by atoms with E-state index in [4.69, 9.17) is 9.47 Å². The summed E-state index contributed by atoms with van der Waals surface area (Å²) in [6.07, 6.45) is 2.58. The largest absolute Gasteiger partial charge is 0.493 e. The molecule has 1 heterocycles. The monoisotopic (exact) mass is 248 g/mol. The Kier molecular flexibility index (Phi) is 3.53. The van der Waals surface area contributed by atoms with E-state index in [1.165, 1.54) is 0 Å². The fourth-order valence-electron chi connectivity index (χ4n) is 1.91. The maximum atomic E-state index is 10.4. The van der Waals surface area contributed by atoms with Crippen molar-refractivity contribution >= 4 is 0 Å². The minimum absolute atomic E-state index is 0.524. The second kappa shape index (κ2) is 5.10. The van der Waals surface area contributed by atoms with Gasteiger partial charge in [0.2, 0.25) is 0 Å². The Bertz CT molecular complexity index is 537. The van der Waals surface area contributed by atoms with E-state index in [0.717, 1.165) is 0 Å². The summed E-state index contributed by atoms with van der Waals surface area (Å²) >= 11 is 0. The van der Waals surface area contributed by atoms with E-state index in [-0.39, 0.29) is 0 Å². The van der Waals surface area contributed by atoms with Crippen LogP contribution in [0.1, 0.15) is 17.5 Å². The highest BCUT2D eigenvalue weighted by atomic mass is 16.5. The highest BCUT2D eigenvalue weighted by molar-refractivity contribution is 5.48. The second-order valence-electron chi connectivity index (χ2n) is 3.88. The molecule has 0 amide bonds. The number of imidazole rings is 1. The normalized spacial score (nSPS) is 12.2. The lowest BCUT2D eigenvalue weighted by atomic mass is 10.1. The van der Waals surface area contributed by atoms with Crippen molar-refractivity contribution < 1.29 is 14.6 Å². The van der Waals surface area contributed by atoms with E-state index in [2.05, 4.69) is 4.98 Å². The van der Waals surface area contributed by atoms with Crippen LogP contribution in [0.5, 0.6) is 11.5 Å². The zero-order chi connectivity index (χ0) is 13.1. The Hall–Kier alpha value is -2.01. The molecule has 1 aromatic carbocycles. The van der Waals surface area contributed by atoms with Crippen LogP contribution in [0.2, 0.25) is 0 Å². The van der Waals surface area contributed by atoms with E-state index < -0.39 is 6.10 Å². The van der Waals surface area contributed by atoms with Crippen molar-refractivity contribution in [1.82, 2.24) is 9.55 Å². The number of aromatic nitrogens is 2. The summed E-state index contributed by atoms with van der Waals surface area (Å²) in [5.41, 5.74) is 0.631. The Morgan fingerprint density at radius 2 is 2.06 bits per heavy atom. The smallest absolute Gasteiger partial charge is 0.166 e. The van der Waals surface area contributed by atoms with Crippen LogP contribution < -0.4 is 9.47 Å². The molecular formula is C13H16N2O3. The summed E-state index contributed by atoms with van der Waals surface area (Å²) in [6, 6.07) is 5.39. The van der Waals surface area contributed by atoms with Gasteiger partial charge in [-0.05, 0) is 6.07 Å². The van der Waals surface area contributed by atoms with Crippen LogP contribution in [-0.4, -0.2) is 28.9 Å². The molecule has 1 atom stereocenters. The van der Waals surface area contributed by atoms with Crippen LogP contribution in [0.3, 0.4) is 0 Å². The van der Waals surface area contributed by atoms with Crippen molar-refractivity contribution in [3.05, 3.63) is 42.0 Å². The molecule has 5 nitrogen and oxygen atoms in total. The van der Waals surface area contributed by atoms with Gasteiger partial charge in [0.05, 0.1) is 14.2 Å². The average molecular weight is 248 g/mol. The number of aliphatic hydroxyl groups excluding tert-OH is 1. The van der Waals surface area contributed by atoms with Crippen molar-refractivity contribution in [1.29, 1.82) is 0 Å². The molecule has 2 rings (SSSR count). The van der Waals surface area contributed by atoms with Crippen molar-refractivity contribution in [3.63, 3.8) is 0 Å². The molecule has 0 spiro atoms. The minimum atomic E-state index is -0.852. The number of benzene rings is 1. The third-order valence-electron chi connectivity index (χ3n) is 2.83. The predicted molar refractivity (Wildman–Crippen MR) is 66.8 cm³/mol. The first-order chi connectivity index (χ1) is 8.69. The van der Waals surface area contributed by atoms with Crippen LogP contribution >= 0.6 is 0 Å². The molecular weight excluding hydrogens is 232 g/mol. The van der Waals surface area contributed by atoms with E-state index >= 15 is 0 Å². The first-order valence-corrected chi connectivity index (χ1v) is 5.55. The van der Waals surface area contributed by atoms with Gasteiger partial charge in [-0.1, -0.05) is 12.1 Å². The Labute approximate surface area is 106 Å². The van der Waals surface area contributed by atoms with Crippen molar-refractivity contribution in [2.24, 2.45) is 7.05 Å². The molecule has 96 valence electrons. The molecule has 5 heteroatoms. The first-order valence-electron chi connectivity index (χ1n) is 5.55. The molecule has 0 fully saturated rings. The highest BCUT2D eigenvalue weighted by Crippen LogP contribution is 2.36. The fraction of sp³-hybridized carbons (Fsp3) is 0.308. The van der Waals surface area contributed by atoms with Gasteiger partial charge in [0, 0.05) is 25.0 Å². The SMILES string of the molecule is COc1cccc([C@@H](O)c2nccn2C)c1OC. The van der Waals surface area contributed by atoms with Gasteiger partial charge >= 0.3 is 0 Å². The minimum Gasteiger partial charge on any atom is -0.493 e. The van der Waals surface area contributed by atoms with Crippen molar-refractivity contribution in [2.75, 3.05) is 14.2 Å². The number of hydrogen-bond acceptors (Lipinski definition) is 4. The topological polar surface area (TPSA) is 56.5 Å². The molecule has 1 aromatic heterocycles. The molecule has 0 unspecified atom stereocenters. The number of aliphatic hydroxyl groups is 1. The summed E-state index contributed by atoms with van der Waals surface area (Å²) in [7, 11) is 4.94. The number of nitrogens with zero attached hydrogens (tertiary/aromatic N) is 2. The molecule has 0 aliphatic heterocycles. The number of aryl methyl sites for hydroxylation is 1. The van der Waals surface area contributed by atoms with Gasteiger partial charge in [-0.2, -0.15) is 0 Å². The van der Waals surface area contributed by atoms with Crippen LogP contribution in [-0.2, 0) is 7.05 Å². The number of methoxy groups -OCH3 is 2. The number of rotatable bonds is 4. The van der Waals surface area contributed by atoms with Crippen LogP contribution in [0.15, 0.2) is 30.6 Å². The third kappa shape index (κ3) is 2.04. The van der Waals surface area contributed by atoms with Crippen LogP contribution in [0, 0.1) is 0 Å². The number of hydrogen-bond donors (Lipinski definition) is 1. The maximum Gasteiger partial charge on any atom is 0.166 e. The summed E-state index contributed by atoms with van der Waals surface area (Å²) in [5.74, 6) is 1.67. The zero-order valence-electron chi connectivity index (χ0n) is 10.6. The standard InChI is InChI=1S/C13H16N2O3/c1-15-8-7-14-13(15)11(16)9-5-4-6-10(17-2)12(9)18-3/h4-8,11,16H,1-3H3/t11-/m1/s1. The summed E-state index contributed by atoms with van der Waals surface area (Å²) in [6.45, 7) is 0.